The lowest BCUT2D eigenvalue weighted by Gasteiger charge is -2.15. The first-order chi connectivity index (χ1) is 8.70. The third kappa shape index (κ3) is 2.98. The summed E-state index contributed by atoms with van der Waals surface area (Å²) in [7, 11) is 0. The molecule has 7 heteroatoms. The van der Waals surface area contributed by atoms with Crippen molar-refractivity contribution >= 4 is 11.9 Å². The predicted molar refractivity (Wildman–Crippen MR) is 66.2 cm³/mol. The summed E-state index contributed by atoms with van der Waals surface area (Å²) in [5.41, 5.74) is 0. The summed E-state index contributed by atoms with van der Waals surface area (Å²) in [5.74, 6) is 0.545. The van der Waals surface area contributed by atoms with Crippen LogP contribution in [0.3, 0.4) is 0 Å². The highest BCUT2D eigenvalue weighted by Crippen LogP contribution is 2.17. The van der Waals surface area contributed by atoms with Gasteiger partial charge in [0.15, 0.2) is 0 Å². The van der Waals surface area contributed by atoms with E-state index in [0.29, 0.717) is 18.5 Å². The molecule has 18 heavy (non-hydrogen) atoms. The monoisotopic (exact) mass is 253 g/mol. The number of hydrogen-bond acceptors (Lipinski definition) is 6. The van der Waals surface area contributed by atoms with E-state index in [1.54, 1.807) is 0 Å². The van der Waals surface area contributed by atoms with Crippen molar-refractivity contribution in [1.82, 2.24) is 20.8 Å². The fourth-order valence-corrected chi connectivity index (χ4v) is 1.89. The smallest absolute Gasteiger partial charge is 0.318 e. The van der Waals surface area contributed by atoms with Gasteiger partial charge in [-0.3, -0.25) is 4.79 Å². The van der Waals surface area contributed by atoms with Gasteiger partial charge in [0, 0.05) is 13.1 Å². The van der Waals surface area contributed by atoms with Crippen LogP contribution in [0.25, 0.3) is 0 Å². The van der Waals surface area contributed by atoms with Crippen LogP contribution in [0, 0.1) is 0 Å². The first-order valence-electron chi connectivity index (χ1n) is 6.29. The lowest BCUT2D eigenvalue weighted by molar-refractivity contribution is -0.119. The molecule has 7 nitrogen and oxygen atoms in total. The standard InChI is InChI=1S/C11H19N5O2/c1-3-12-8(2)10-14-15-11(18-10)16-6-4-5-13-9(17)7-16/h8,12H,3-7H2,1-2H3,(H,13,17). The molecule has 0 spiro atoms. The maximum absolute atomic E-state index is 11.5. The minimum Gasteiger partial charge on any atom is -0.406 e. The van der Waals surface area contributed by atoms with Crippen LogP contribution in [0.2, 0.25) is 0 Å². The van der Waals surface area contributed by atoms with Crippen molar-refractivity contribution in [3.63, 3.8) is 0 Å². The Morgan fingerprint density at radius 1 is 1.56 bits per heavy atom. The number of carbonyl (C=O) groups is 1. The van der Waals surface area contributed by atoms with E-state index in [-0.39, 0.29) is 18.5 Å². The summed E-state index contributed by atoms with van der Waals surface area (Å²) < 4.78 is 5.60. The van der Waals surface area contributed by atoms with Crippen LogP contribution in [0.1, 0.15) is 32.2 Å². The van der Waals surface area contributed by atoms with E-state index >= 15 is 0 Å². The van der Waals surface area contributed by atoms with Crippen LogP contribution < -0.4 is 15.5 Å². The first kappa shape index (κ1) is 12.8. The van der Waals surface area contributed by atoms with Crippen molar-refractivity contribution in [3.8, 4) is 0 Å². The molecule has 2 heterocycles. The summed E-state index contributed by atoms with van der Waals surface area (Å²) in [6.07, 6.45) is 0.881. The van der Waals surface area contributed by atoms with Crippen molar-refractivity contribution in [1.29, 1.82) is 0 Å². The molecule has 1 aromatic rings. The summed E-state index contributed by atoms with van der Waals surface area (Å²) in [5, 5.41) is 14.0. The molecule has 100 valence electrons. The first-order valence-corrected chi connectivity index (χ1v) is 6.29. The molecule has 1 fully saturated rings. The van der Waals surface area contributed by atoms with E-state index < -0.39 is 0 Å². The topological polar surface area (TPSA) is 83.3 Å². The zero-order valence-electron chi connectivity index (χ0n) is 10.8. The molecule has 1 amide bonds. The van der Waals surface area contributed by atoms with Crippen LogP contribution in [-0.4, -0.2) is 42.3 Å². The summed E-state index contributed by atoms with van der Waals surface area (Å²) in [6.45, 7) is 6.55. The highest BCUT2D eigenvalue weighted by atomic mass is 16.4. The van der Waals surface area contributed by atoms with Gasteiger partial charge in [-0.15, -0.1) is 5.10 Å². The average Bonchev–Trinajstić information content (AvgIpc) is 2.74. The van der Waals surface area contributed by atoms with Crippen molar-refractivity contribution in [2.45, 2.75) is 26.3 Å². The van der Waals surface area contributed by atoms with Gasteiger partial charge >= 0.3 is 6.01 Å². The van der Waals surface area contributed by atoms with Gasteiger partial charge < -0.3 is 20.0 Å². The molecule has 1 unspecified atom stereocenters. The highest BCUT2D eigenvalue weighted by molar-refractivity contribution is 5.80. The molecule has 1 saturated heterocycles. The zero-order valence-corrected chi connectivity index (χ0v) is 10.8. The summed E-state index contributed by atoms with van der Waals surface area (Å²) in [6, 6.07) is 0.448. The SMILES string of the molecule is CCNC(C)c1nnc(N2CCCNC(=O)C2)o1. The maximum atomic E-state index is 11.5. The van der Waals surface area contributed by atoms with Gasteiger partial charge in [-0.1, -0.05) is 12.0 Å². The molecule has 0 aromatic carbocycles. The Morgan fingerprint density at radius 3 is 3.17 bits per heavy atom. The van der Waals surface area contributed by atoms with Gasteiger partial charge in [0.2, 0.25) is 11.8 Å². The number of nitrogens with one attached hydrogen (secondary N) is 2. The number of rotatable bonds is 4. The molecule has 0 aliphatic carbocycles. The molecule has 2 N–H and O–H groups in total. The Labute approximate surface area is 106 Å². The van der Waals surface area contributed by atoms with E-state index in [4.69, 9.17) is 4.42 Å². The minimum atomic E-state index is -0.00742. The summed E-state index contributed by atoms with van der Waals surface area (Å²) >= 11 is 0. The molecule has 2 rings (SSSR count). The number of hydrogen-bond donors (Lipinski definition) is 2. The van der Waals surface area contributed by atoms with E-state index in [1.807, 2.05) is 18.7 Å². The molecule has 1 aliphatic heterocycles. The maximum Gasteiger partial charge on any atom is 0.318 e. The van der Waals surface area contributed by atoms with Crippen LogP contribution in [-0.2, 0) is 4.79 Å². The molecule has 0 bridgehead atoms. The Morgan fingerprint density at radius 2 is 2.39 bits per heavy atom. The molecule has 1 aromatic heterocycles. The Kier molecular flexibility index (Phi) is 4.14. The van der Waals surface area contributed by atoms with Crippen molar-refractivity contribution in [2.75, 3.05) is 31.1 Å². The van der Waals surface area contributed by atoms with Crippen LogP contribution in [0.5, 0.6) is 0 Å². The van der Waals surface area contributed by atoms with Crippen LogP contribution in [0.15, 0.2) is 4.42 Å². The van der Waals surface area contributed by atoms with Gasteiger partial charge in [0.1, 0.15) is 6.54 Å². The van der Waals surface area contributed by atoms with Gasteiger partial charge in [-0.05, 0) is 19.9 Å². The molecular formula is C11H19N5O2. The Hall–Kier alpha value is -1.63. The third-order valence-corrected chi connectivity index (χ3v) is 2.84. The van der Waals surface area contributed by atoms with E-state index in [9.17, 15) is 4.79 Å². The van der Waals surface area contributed by atoms with E-state index in [2.05, 4.69) is 20.8 Å². The number of carbonyl (C=O) groups excluding carboxylic acids is 1. The van der Waals surface area contributed by atoms with Crippen molar-refractivity contribution < 1.29 is 9.21 Å². The van der Waals surface area contributed by atoms with Gasteiger partial charge in [-0.2, -0.15) is 0 Å². The molecular weight excluding hydrogens is 234 g/mol. The lowest BCUT2D eigenvalue weighted by Crippen LogP contribution is -2.33. The zero-order chi connectivity index (χ0) is 13.0. The molecule has 0 saturated carbocycles. The second kappa shape index (κ2) is 5.81. The minimum absolute atomic E-state index is 0.00742. The van der Waals surface area contributed by atoms with Gasteiger partial charge in [0.05, 0.1) is 6.04 Å². The second-order valence-electron chi connectivity index (χ2n) is 4.33. The number of anilines is 1. The fraction of sp³-hybridized carbons (Fsp3) is 0.727. The normalized spacial score (nSPS) is 18.3. The predicted octanol–water partition coefficient (Wildman–Crippen LogP) is 0.0664. The van der Waals surface area contributed by atoms with Gasteiger partial charge in [0.25, 0.3) is 0 Å². The third-order valence-electron chi connectivity index (χ3n) is 2.84. The Balaban J connectivity index is 2.06. The number of nitrogens with zero attached hydrogens (tertiary/aromatic N) is 3. The molecule has 1 atom stereocenters. The van der Waals surface area contributed by atoms with E-state index in [1.165, 1.54) is 0 Å². The van der Waals surface area contributed by atoms with Crippen molar-refractivity contribution in [3.05, 3.63) is 5.89 Å². The van der Waals surface area contributed by atoms with Crippen LogP contribution >= 0.6 is 0 Å². The highest BCUT2D eigenvalue weighted by Gasteiger charge is 2.21. The summed E-state index contributed by atoms with van der Waals surface area (Å²) in [4.78, 5) is 13.3. The average molecular weight is 253 g/mol. The van der Waals surface area contributed by atoms with E-state index in [0.717, 1.165) is 19.5 Å². The lowest BCUT2D eigenvalue weighted by atomic mass is 10.3. The van der Waals surface area contributed by atoms with Crippen molar-refractivity contribution in [2.24, 2.45) is 0 Å². The van der Waals surface area contributed by atoms with Crippen LogP contribution in [0.4, 0.5) is 6.01 Å². The quantitative estimate of drug-likeness (QED) is 0.790. The fourth-order valence-electron chi connectivity index (χ4n) is 1.89. The second-order valence-corrected chi connectivity index (χ2v) is 4.33. The number of aromatic nitrogens is 2. The largest absolute Gasteiger partial charge is 0.406 e. The molecule has 1 aliphatic rings. The number of amides is 1. The molecule has 0 radical (unpaired) electrons. The Bertz CT molecular complexity index is 406. The van der Waals surface area contributed by atoms with Gasteiger partial charge in [-0.25, -0.2) is 0 Å².